The molecule has 1 aliphatic heterocycles. The number of aromatic nitrogens is 1. The minimum absolute atomic E-state index is 0.0808. The average Bonchev–Trinajstić information content (AvgIpc) is 2.74. The van der Waals surface area contributed by atoms with Gasteiger partial charge in [-0.3, -0.25) is 4.79 Å². The molecule has 4 rings (SSSR count). The smallest absolute Gasteiger partial charge is 0.340 e. The molecule has 2 aromatic carbocycles. The molecule has 0 unspecified atom stereocenters. The molecule has 154 valence electrons. The standard InChI is InChI=1S/C23H22N2O5/c1-3-28-16-12-8-6-10-14(16)17-18-20(30-21(24)19(17)23(27)29-4-2)13-9-5-7-11-15(13)25-22(18)26/h5-12,17H,3-4,24H2,1-2H3,(H,25,26)/t17-/m1/s1. The maximum Gasteiger partial charge on any atom is 0.340 e. The molecule has 1 aliphatic rings. The fraction of sp³-hybridized carbons (Fsp3) is 0.217. The van der Waals surface area contributed by atoms with Gasteiger partial charge >= 0.3 is 5.97 Å². The molecule has 2 heterocycles. The Labute approximate surface area is 173 Å². The van der Waals surface area contributed by atoms with Gasteiger partial charge in [0.1, 0.15) is 17.1 Å². The molecule has 30 heavy (non-hydrogen) atoms. The van der Waals surface area contributed by atoms with Crippen LogP contribution in [0.1, 0.15) is 30.9 Å². The van der Waals surface area contributed by atoms with E-state index in [1.165, 1.54) is 0 Å². The number of pyridine rings is 1. The van der Waals surface area contributed by atoms with E-state index in [4.69, 9.17) is 19.9 Å². The van der Waals surface area contributed by atoms with Crippen LogP contribution < -0.4 is 20.8 Å². The molecular formula is C23H22N2O5. The van der Waals surface area contributed by atoms with E-state index in [0.29, 0.717) is 34.6 Å². The zero-order chi connectivity index (χ0) is 21.3. The summed E-state index contributed by atoms with van der Waals surface area (Å²) in [5.74, 6) is -0.641. The number of carbonyl (C=O) groups is 1. The Morgan fingerprint density at radius 3 is 2.60 bits per heavy atom. The van der Waals surface area contributed by atoms with Crippen LogP contribution in [-0.4, -0.2) is 24.2 Å². The minimum atomic E-state index is -0.802. The lowest BCUT2D eigenvalue weighted by atomic mass is 9.82. The average molecular weight is 406 g/mol. The molecule has 0 saturated carbocycles. The maximum atomic E-state index is 13.2. The van der Waals surface area contributed by atoms with Crippen molar-refractivity contribution >= 4 is 16.9 Å². The molecule has 3 N–H and O–H groups in total. The summed E-state index contributed by atoms with van der Waals surface area (Å²) in [6.45, 7) is 4.16. The van der Waals surface area contributed by atoms with Crippen LogP contribution in [0, 0.1) is 0 Å². The number of H-pyrrole nitrogens is 1. The molecule has 7 heteroatoms. The summed E-state index contributed by atoms with van der Waals surface area (Å²) in [6, 6.07) is 14.5. The maximum absolute atomic E-state index is 13.2. The zero-order valence-corrected chi connectivity index (χ0v) is 16.7. The van der Waals surface area contributed by atoms with Crippen LogP contribution in [0.2, 0.25) is 0 Å². The summed E-state index contributed by atoms with van der Waals surface area (Å²) < 4.78 is 16.9. The van der Waals surface area contributed by atoms with Crippen molar-refractivity contribution in [2.75, 3.05) is 13.2 Å². The van der Waals surface area contributed by atoms with Crippen LogP contribution in [0.3, 0.4) is 0 Å². The number of carbonyl (C=O) groups excluding carboxylic acids is 1. The molecule has 1 atom stereocenters. The Hall–Kier alpha value is -3.74. The molecule has 0 aliphatic carbocycles. The van der Waals surface area contributed by atoms with E-state index >= 15 is 0 Å². The third-order valence-corrected chi connectivity index (χ3v) is 4.99. The number of aromatic amines is 1. The number of fused-ring (bicyclic) bond motifs is 3. The summed E-state index contributed by atoms with van der Waals surface area (Å²) in [6.07, 6.45) is 0. The second kappa shape index (κ2) is 7.94. The number of ether oxygens (including phenoxy) is 3. The van der Waals surface area contributed by atoms with Crippen molar-refractivity contribution < 1.29 is 19.0 Å². The van der Waals surface area contributed by atoms with Crippen LogP contribution in [0.25, 0.3) is 10.9 Å². The predicted molar refractivity (Wildman–Crippen MR) is 112 cm³/mol. The Morgan fingerprint density at radius 1 is 1.10 bits per heavy atom. The molecule has 1 aromatic heterocycles. The quantitative estimate of drug-likeness (QED) is 0.631. The van der Waals surface area contributed by atoms with Gasteiger partial charge in [-0.2, -0.15) is 0 Å². The number of rotatable bonds is 5. The van der Waals surface area contributed by atoms with Crippen molar-refractivity contribution in [3.63, 3.8) is 0 Å². The third-order valence-electron chi connectivity index (χ3n) is 4.99. The number of nitrogens with two attached hydrogens (primary N) is 1. The fourth-order valence-corrected chi connectivity index (χ4v) is 3.80. The van der Waals surface area contributed by atoms with Crippen molar-refractivity contribution in [3.8, 4) is 11.5 Å². The molecule has 0 fully saturated rings. The summed E-state index contributed by atoms with van der Waals surface area (Å²) in [4.78, 5) is 28.9. The van der Waals surface area contributed by atoms with Gasteiger partial charge in [0.15, 0.2) is 0 Å². The van der Waals surface area contributed by atoms with Crippen molar-refractivity contribution in [1.82, 2.24) is 4.98 Å². The molecule has 3 aromatic rings. The normalized spacial score (nSPS) is 15.5. The lowest BCUT2D eigenvalue weighted by molar-refractivity contribution is -0.139. The molecule has 0 saturated heterocycles. The third kappa shape index (κ3) is 3.18. The van der Waals surface area contributed by atoms with E-state index in [1.54, 1.807) is 19.1 Å². The van der Waals surface area contributed by atoms with Gasteiger partial charge in [0.2, 0.25) is 5.88 Å². The SMILES string of the molecule is CCOC(=O)C1=C(N)Oc2c(c(=O)[nH]c3ccccc23)[C@H]1c1ccccc1OCC. The van der Waals surface area contributed by atoms with Crippen LogP contribution in [0.4, 0.5) is 0 Å². The van der Waals surface area contributed by atoms with Gasteiger partial charge < -0.3 is 24.9 Å². The largest absolute Gasteiger partial charge is 0.494 e. The van der Waals surface area contributed by atoms with Gasteiger partial charge in [-0.05, 0) is 32.0 Å². The number of benzene rings is 2. The van der Waals surface area contributed by atoms with Gasteiger partial charge in [0.25, 0.3) is 5.56 Å². The number of nitrogens with one attached hydrogen (secondary N) is 1. The van der Waals surface area contributed by atoms with E-state index in [-0.39, 0.29) is 29.2 Å². The van der Waals surface area contributed by atoms with Gasteiger partial charge in [0, 0.05) is 10.9 Å². The van der Waals surface area contributed by atoms with E-state index in [0.717, 1.165) is 0 Å². The molecule has 7 nitrogen and oxygen atoms in total. The van der Waals surface area contributed by atoms with E-state index in [2.05, 4.69) is 4.98 Å². The van der Waals surface area contributed by atoms with E-state index in [1.807, 2.05) is 43.3 Å². The van der Waals surface area contributed by atoms with Gasteiger partial charge in [-0.15, -0.1) is 0 Å². The number of para-hydroxylation sites is 2. The summed E-state index contributed by atoms with van der Waals surface area (Å²) in [5.41, 5.74) is 7.48. The lowest BCUT2D eigenvalue weighted by Crippen LogP contribution is -2.32. The highest BCUT2D eigenvalue weighted by Crippen LogP contribution is 2.45. The van der Waals surface area contributed by atoms with Gasteiger partial charge in [-0.25, -0.2) is 4.79 Å². The first-order valence-electron chi connectivity index (χ1n) is 9.78. The van der Waals surface area contributed by atoms with E-state index < -0.39 is 11.9 Å². The highest BCUT2D eigenvalue weighted by molar-refractivity contribution is 5.95. The van der Waals surface area contributed by atoms with Gasteiger partial charge in [-0.1, -0.05) is 30.3 Å². The Bertz CT molecular complexity index is 1210. The van der Waals surface area contributed by atoms with Crippen LogP contribution in [-0.2, 0) is 9.53 Å². The second-order valence-electron chi connectivity index (χ2n) is 6.75. The molecule has 0 spiro atoms. The van der Waals surface area contributed by atoms with Crippen molar-refractivity contribution in [1.29, 1.82) is 0 Å². The molecular weight excluding hydrogens is 384 g/mol. The number of hydrogen-bond donors (Lipinski definition) is 2. The highest BCUT2D eigenvalue weighted by atomic mass is 16.5. The summed E-state index contributed by atoms with van der Waals surface area (Å²) >= 11 is 0. The van der Waals surface area contributed by atoms with Crippen molar-refractivity contribution in [2.24, 2.45) is 5.73 Å². The van der Waals surface area contributed by atoms with Crippen molar-refractivity contribution in [2.45, 2.75) is 19.8 Å². The molecule has 0 radical (unpaired) electrons. The second-order valence-corrected chi connectivity index (χ2v) is 6.75. The number of esters is 1. The first-order valence-corrected chi connectivity index (χ1v) is 9.78. The lowest BCUT2D eigenvalue weighted by Gasteiger charge is -2.29. The summed E-state index contributed by atoms with van der Waals surface area (Å²) in [7, 11) is 0. The van der Waals surface area contributed by atoms with Crippen LogP contribution in [0.15, 0.2) is 64.8 Å². The van der Waals surface area contributed by atoms with E-state index in [9.17, 15) is 9.59 Å². The zero-order valence-electron chi connectivity index (χ0n) is 16.7. The Morgan fingerprint density at radius 2 is 1.83 bits per heavy atom. The Kier molecular flexibility index (Phi) is 5.18. The first-order chi connectivity index (χ1) is 14.6. The monoisotopic (exact) mass is 406 g/mol. The predicted octanol–water partition coefficient (Wildman–Crippen LogP) is 3.18. The number of hydrogen-bond acceptors (Lipinski definition) is 6. The molecule has 0 amide bonds. The Balaban J connectivity index is 2.05. The van der Waals surface area contributed by atoms with Gasteiger partial charge in [0.05, 0.1) is 30.2 Å². The van der Waals surface area contributed by atoms with Crippen LogP contribution in [0.5, 0.6) is 11.5 Å². The van der Waals surface area contributed by atoms with Crippen LogP contribution >= 0.6 is 0 Å². The van der Waals surface area contributed by atoms with Crippen molar-refractivity contribution in [3.05, 3.63) is 81.5 Å². The topological polar surface area (TPSA) is 104 Å². The highest BCUT2D eigenvalue weighted by Gasteiger charge is 2.39. The fourth-order valence-electron chi connectivity index (χ4n) is 3.80. The summed E-state index contributed by atoms with van der Waals surface area (Å²) in [5, 5.41) is 0.692. The molecule has 0 bridgehead atoms. The first kappa shape index (κ1) is 19.6. The minimum Gasteiger partial charge on any atom is -0.494 e.